The first-order chi connectivity index (χ1) is 8.45. The van der Waals surface area contributed by atoms with E-state index in [9.17, 15) is 4.79 Å². The highest BCUT2D eigenvalue weighted by Crippen LogP contribution is 2.31. The van der Waals surface area contributed by atoms with Crippen molar-refractivity contribution in [3.05, 3.63) is 0 Å². The van der Waals surface area contributed by atoms with Gasteiger partial charge in [-0.3, -0.25) is 9.69 Å². The van der Waals surface area contributed by atoms with Crippen LogP contribution >= 0.6 is 0 Å². The van der Waals surface area contributed by atoms with Crippen molar-refractivity contribution in [2.24, 2.45) is 17.8 Å². The van der Waals surface area contributed by atoms with Gasteiger partial charge >= 0.3 is 0 Å². The zero-order valence-electron chi connectivity index (χ0n) is 12.6. The van der Waals surface area contributed by atoms with Crippen LogP contribution in [0.15, 0.2) is 0 Å². The third kappa shape index (κ3) is 4.36. The second-order valence-corrected chi connectivity index (χ2v) is 6.18. The van der Waals surface area contributed by atoms with Crippen LogP contribution in [-0.4, -0.2) is 43.5 Å². The van der Waals surface area contributed by atoms with E-state index in [1.165, 1.54) is 6.42 Å². The monoisotopic (exact) mass is 255 g/mol. The Balaban J connectivity index is 2.59. The molecule has 3 unspecified atom stereocenters. The number of hydrogen-bond donors (Lipinski definition) is 0. The van der Waals surface area contributed by atoms with Gasteiger partial charge in [0.05, 0.1) is 6.61 Å². The molecule has 0 aliphatic heterocycles. The maximum absolute atomic E-state index is 12.2. The fourth-order valence-corrected chi connectivity index (χ4v) is 3.00. The Morgan fingerprint density at radius 2 is 2.06 bits per heavy atom. The molecule has 0 N–H and O–H groups in total. The summed E-state index contributed by atoms with van der Waals surface area (Å²) in [5.41, 5.74) is 0. The zero-order valence-corrected chi connectivity index (χ0v) is 12.6. The van der Waals surface area contributed by atoms with Crippen molar-refractivity contribution >= 4 is 5.78 Å². The van der Waals surface area contributed by atoms with Crippen molar-refractivity contribution in [1.29, 1.82) is 0 Å². The van der Waals surface area contributed by atoms with E-state index in [1.54, 1.807) is 7.11 Å². The molecule has 0 bridgehead atoms. The molecule has 3 heteroatoms. The van der Waals surface area contributed by atoms with Gasteiger partial charge in [0.25, 0.3) is 0 Å². The molecule has 3 atom stereocenters. The number of methoxy groups -OCH3 is 1. The molecule has 3 nitrogen and oxygen atoms in total. The highest BCUT2D eigenvalue weighted by Gasteiger charge is 2.33. The van der Waals surface area contributed by atoms with Gasteiger partial charge in [0.15, 0.2) is 0 Å². The maximum atomic E-state index is 12.2. The van der Waals surface area contributed by atoms with Crippen molar-refractivity contribution in [2.75, 3.05) is 26.8 Å². The quantitative estimate of drug-likeness (QED) is 0.730. The van der Waals surface area contributed by atoms with E-state index in [1.807, 2.05) is 0 Å². The summed E-state index contributed by atoms with van der Waals surface area (Å²) in [6.07, 6.45) is 1.96. The van der Waals surface area contributed by atoms with Gasteiger partial charge in [0.1, 0.15) is 5.78 Å². The molecule has 0 heterocycles. The molecule has 0 saturated heterocycles. The number of nitrogens with zero attached hydrogens (tertiary/aromatic N) is 1. The molecule has 0 aromatic carbocycles. The van der Waals surface area contributed by atoms with Gasteiger partial charge in [-0.2, -0.15) is 0 Å². The van der Waals surface area contributed by atoms with E-state index in [2.05, 4.69) is 32.6 Å². The molecular formula is C15H29NO2. The number of carbonyl (C=O) groups excluding carboxylic acids is 1. The Bertz CT molecular complexity index is 265. The molecule has 0 amide bonds. The average Bonchev–Trinajstić information content (AvgIpc) is 2.26. The molecule has 1 saturated carbocycles. The second kappa shape index (κ2) is 7.25. The maximum Gasteiger partial charge on any atom is 0.137 e. The number of carbonyl (C=O) groups is 1. The van der Waals surface area contributed by atoms with Gasteiger partial charge in [-0.1, -0.05) is 13.8 Å². The number of rotatable bonds is 6. The first-order valence-electron chi connectivity index (χ1n) is 7.21. The molecule has 0 aromatic heterocycles. The Morgan fingerprint density at radius 3 is 2.56 bits per heavy atom. The molecule has 0 spiro atoms. The second-order valence-electron chi connectivity index (χ2n) is 6.18. The minimum absolute atomic E-state index is 0.223. The van der Waals surface area contributed by atoms with Gasteiger partial charge in [0, 0.05) is 38.6 Å². The molecule has 0 aromatic rings. The lowest BCUT2D eigenvalue weighted by Gasteiger charge is -2.36. The molecule has 1 fully saturated rings. The van der Waals surface area contributed by atoms with Crippen LogP contribution < -0.4 is 0 Å². The highest BCUT2D eigenvalue weighted by atomic mass is 16.5. The van der Waals surface area contributed by atoms with Gasteiger partial charge in [-0.25, -0.2) is 0 Å². The summed E-state index contributed by atoms with van der Waals surface area (Å²) in [4.78, 5) is 14.6. The predicted octanol–water partition coefficient (Wildman–Crippen LogP) is 2.59. The largest absolute Gasteiger partial charge is 0.383 e. The van der Waals surface area contributed by atoms with Crippen molar-refractivity contribution in [3.63, 3.8) is 0 Å². The SMILES string of the molecule is COCCN(CC1C(=O)CC(C)CC1C)C(C)C. The van der Waals surface area contributed by atoms with Crippen LogP contribution in [0.3, 0.4) is 0 Å². The van der Waals surface area contributed by atoms with Gasteiger partial charge in [0.2, 0.25) is 0 Å². The molecule has 1 aliphatic rings. The lowest BCUT2D eigenvalue weighted by Crippen LogP contribution is -2.44. The number of ether oxygens (including phenoxy) is 1. The Kier molecular flexibility index (Phi) is 6.30. The number of ketones is 1. The van der Waals surface area contributed by atoms with Gasteiger partial charge in [-0.05, 0) is 32.1 Å². The molecule has 1 aliphatic carbocycles. The molecule has 0 radical (unpaired) electrons. The van der Waals surface area contributed by atoms with Crippen LogP contribution in [0.1, 0.15) is 40.5 Å². The van der Waals surface area contributed by atoms with Crippen molar-refractivity contribution < 1.29 is 9.53 Å². The zero-order chi connectivity index (χ0) is 13.7. The number of Topliss-reactive ketones (excluding diaryl/α,β-unsaturated/α-hetero) is 1. The van der Waals surface area contributed by atoms with E-state index in [4.69, 9.17) is 4.74 Å². The van der Waals surface area contributed by atoms with Crippen LogP contribution in [0.4, 0.5) is 0 Å². The lowest BCUT2D eigenvalue weighted by atomic mass is 9.74. The van der Waals surface area contributed by atoms with E-state index in [0.29, 0.717) is 23.7 Å². The molecular weight excluding hydrogens is 226 g/mol. The number of hydrogen-bond acceptors (Lipinski definition) is 3. The topological polar surface area (TPSA) is 29.5 Å². The van der Waals surface area contributed by atoms with Crippen LogP contribution in [0.5, 0.6) is 0 Å². The molecule has 18 heavy (non-hydrogen) atoms. The third-order valence-corrected chi connectivity index (χ3v) is 4.17. The standard InChI is InChI=1S/C15H29NO2/c1-11(2)16(6-7-18-5)10-14-13(4)8-12(3)9-15(14)17/h11-14H,6-10H2,1-5H3. The Hall–Kier alpha value is -0.410. The third-order valence-electron chi connectivity index (χ3n) is 4.17. The Morgan fingerprint density at radius 1 is 1.39 bits per heavy atom. The summed E-state index contributed by atoms with van der Waals surface area (Å²) in [6, 6.07) is 0.472. The lowest BCUT2D eigenvalue weighted by molar-refractivity contribution is -0.129. The first-order valence-corrected chi connectivity index (χ1v) is 7.21. The molecule has 106 valence electrons. The first kappa shape index (κ1) is 15.6. The average molecular weight is 255 g/mol. The van der Waals surface area contributed by atoms with Crippen LogP contribution in [-0.2, 0) is 9.53 Å². The minimum atomic E-state index is 0.223. The van der Waals surface area contributed by atoms with E-state index < -0.39 is 0 Å². The summed E-state index contributed by atoms with van der Waals surface area (Å²) < 4.78 is 5.16. The van der Waals surface area contributed by atoms with Crippen LogP contribution in [0.2, 0.25) is 0 Å². The van der Waals surface area contributed by atoms with Gasteiger partial charge in [-0.15, -0.1) is 0 Å². The van der Waals surface area contributed by atoms with Crippen molar-refractivity contribution in [3.8, 4) is 0 Å². The minimum Gasteiger partial charge on any atom is -0.383 e. The highest BCUT2D eigenvalue weighted by molar-refractivity contribution is 5.82. The van der Waals surface area contributed by atoms with Crippen LogP contribution in [0.25, 0.3) is 0 Å². The van der Waals surface area contributed by atoms with Crippen molar-refractivity contribution in [2.45, 2.75) is 46.6 Å². The molecule has 1 rings (SSSR count). The summed E-state index contributed by atoms with van der Waals surface area (Å²) in [5, 5.41) is 0. The summed E-state index contributed by atoms with van der Waals surface area (Å²) in [6.45, 7) is 11.4. The van der Waals surface area contributed by atoms with Crippen molar-refractivity contribution in [1.82, 2.24) is 4.90 Å². The smallest absolute Gasteiger partial charge is 0.137 e. The Labute approximate surface area is 112 Å². The van der Waals surface area contributed by atoms with Gasteiger partial charge < -0.3 is 4.74 Å². The summed E-state index contributed by atoms with van der Waals surface area (Å²) >= 11 is 0. The fraction of sp³-hybridized carbons (Fsp3) is 0.933. The van der Waals surface area contributed by atoms with E-state index in [-0.39, 0.29) is 5.92 Å². The summed E-state index contributed by atoms with van der Waals surface area (Å²) in [7, 11) is 1.73. The van der Waals surface area contributed by atoms with E-state index >= 15 is 0 Å². The fourth-order valence-electron chi connectivity index (χ4n) is 3.00. The summed E-state index contributed by atoms with van der Waals surface area (Å²) in [5.74, 6) is 1.77. The van der Waals surface area contributed by atoms with Crippen LogP contribution in [0, 0.1) is 17.8 Å². The van der Waals surface area contributed by atoms with E-state index in [0.717, 1.165) is 26.1 Å². The normalized spacial score (nSPS) is 29.3. The predicted molar refractivity (Wildman–Crippen MR) is 74.6 cm³/mol.